The van der Waals surface area contributed by atoms with Gasteiger partial charge < -0.3 is 10.1 Å². The van der Waals surface area contributed by atoms with E-state index in [1.165, 1.54) is 13.0 Å². The lowest BCUT2D eigenvalue weighted by atomic mass is 10.2. The van der Waals surface area contributed by atoms with Crippen LogP contribution in [0.5, 0.6) is 0 Å². The number of nitrogens with zero attached hydrogens (tertiary/aromatic N) is 2. The van der Waals surface area contributed by atoms with E-state index < -0.39 is 12.1 Å². The molecule has 1 amide bonds. The topological polar surface area (TPSA) is 73.2 Å². The van der Waals surface area contributed by atoms with Crippen molar-refractivity contribution in [3.05, 3.63) is 52.9 Å². The first-order valence-electron chi connectivity index (χ1n) is 8.04. The van der Waals surface area contributed by atoms with Crippen molar-refractivity contribution in [2.24, 2.45) is 7.05 Å². The molecule has 0 aliphatic rings. The molecule has 0 saturated heterocycles. The molecular weight excluding hydrogens is 318 g/mol. The lowest BCUT2D eigenvalue weighted by molar-refractivity contribution is -0.148. The Morgan fingerprint density at radius 2 is 2.00 bits per heavy atom. The Kier molecular flexibility index (Phi) is 5.75. The van der Waals surface area contributed by atoms with Crippen molar-refractivity contribution in [1.29, 1.82) is 0 Å². The maximum absolute atomic E-state index is 12.1. The number of hydrogen-bond acceptors (Lipinski definition) is 4. The molecular formula is C19H23N3O3. The molecule has 6 nitrogen and oxygen atoms in total. The number of aryl methyl sites for hydroxylation is 3. The third kappa shape index (κ3) is 4.79. The Labute approximate surface area is 147 Å². The molecule has 0 aliphatic heterocycles. The van der Waals surface area contributed by atoms with Gasteiger partial charge in [-0.05, 0) is 51.5 Å². The van der Waals surface area contributed by atoms with E-state index in [-0.39, 0.29) is 5.91 Å². The van der Waals surface area contributed by atoms with Gasteiger partial charge in [-0.1, -0.05) is 12.1 Å². The quantitative estimate of drug-likeness (QED) is 0.670. The third-order valence-electron chi connectivity index (χ3n) is 3.90. The van der Waals surface area contributed by atoms with Crippen molar-refractivity contribution in [2.45, 2.75) is 33.8 Å². The van der Waals surface area contributed by atoms with Crippen LogP contribution in [0.2, 0.25) is 0 Å². The Morgan fingerprint density at radius 3 is 2.60 bits per heavy atom. The summed E-state index contributed by atoms with van der Waals surface area (Å²) in [6, 6.07) is 7.42. The maximum atomic E-state index is 12.1. The molecule has 25 heavy (non-hydrogen) atoms. The fourth-order valence-corrected chi connectivity index (χ4v) is 2.42. The first-order valence-corrected chi connectivity index (χ1v) is 8.04. The number of esters is 1. The maximum Gasteiger partial charge on any atom is 0.331 e. The Morgan fingerprint density at radius 1 is 1.28 bits per heavy atom. The van der Waals surface area contributed by atoms with E-state index in [0.717, 1.165) is 22.5 Å². The highest BCUT2D eigenvalue weighted by molar-refractivity contribution is 5.96. The van der Waals surface area contributed by atoms with Gasteiger partial charge in [-0.15, -0.1) is 0 Å². The van der Waals surface area contributed by atoms with Crippen molar-refractivity contribution in [3.8, 4) is 0 Å². The summed E-state index contributed by atoms with van der Waals surface area (Å²) in [5.74, 6) is -0.948. The number of rotatable bonds is 5. The second-order valence-corrected chi connectivity index (χ2v) is 5.98. The number of amides is 1. The summed E-state index contributed by atoms with van der Waals surface area (Å²) in [4.78, 5) is 24.1. The highest BCUT2D eigenvalue weighted by atomic mass is 16.5. The second-order valence-electron chi connectivity index (χ2n) is 5.98. The smallest absolute Gasteiger partial charge is 0.331 e. The number of nitrogens with one attached hydrogen (secondary N) is 1. The molecule has 2 rings (SSSR count). The molecule has 1 heterocycles. The average Bonchev–Trinajstić information content (AvgIpc) is 2.78. The SMILES string of the molecule is Cc1cccc(NC(=O)[C@H](C)OC(=O)/C=C/c2c(C)nn(C)c2C)c1. The van der Waals surface area contributed by atoms with E-state index >= 15 is 0 Å². The predicted molar refractivity (Wildman–Crippen MR) is 97.1 cm³/mol. The summed E-state index contributed by atoms with van der Waals surface area (Å²) >= 11 is 0. The minimum absolute atomic E-state index is 0.374. The molecule has 0 unspecified atom stereocenters. The molecule has 1 N–H and O–H groups in total. The zero-order valence-electron chi connectivity index (χ0n) is 15.2. The molecule has 1 aromatic carbocycles. The number of ether oxygens (including phenoxy) is 1. The van der Waals surface area contributed by atoms with Gasteiger partial charge in [0.15, 0.2) is 6.10 Å². The minimum Gasteiger partial charge on any atom is -0.449 e. The van der Waals surface area contributed by atoms with Crippen LogP contribution in [0.3, 0.4) is 0 Å². The Balaban J connectivity index is 1.95. The van der Waals surface area contributed by atoms with Crippen LogP contribution in [0.25, 0.3) is 6.08 Å². The molecule has 6 heteroatoms. The highest BCUT2D eigenvalue weighted by Crippen LogP contribution is 2.14. The van der Waals surface area contributed by atoms with E-state index in [2.05, 4.69) is 10.4 Å². The number of benzene rings is 1. The molecule has 0 fully saturated rings. The number of hydrogen-bond donors (Lipinski definition) is 1. The summed E-state index contributed by atoms with van der Waals surface area (Å²) in [5.41, 5.74) is 4.36. The van der Waals surface area contributed by atoms with Gasteiger partial charge in [0.1, 0.15) is 0 Å². The van der Waals surface area contributed by atoms with Crippen LogP contribution >= 0.6 is 0 Å². The van der Waals surface area contributed by atoms with Crippen LogP contribution in [0.15, 0.2) is 30.3 Å². The summed E-state index contributed by atoms with van der Waals surface area (Å²) in [6.07, 6.45) is 2.08. The number of anilines is 1. The van der Waals surface area contributed by atoms with Gasteiger partial charge in [-0.25, -0.2) is 4.79 Å². The zero-order valence-corrected chi connectivity index (χ0v) is 15.2. The van der Waals surface area contributed by atoms with Crippen molar-refractivity contribution < 1.29 is 14.3 Å². The van der Waals surface area contributed by atoms with Gasteiger partial charge in [0.2, 0.25) is 0 Å². The van der Waals surface area contributed by atoms with Crippen LogP contribution in [-0.2, 0) is 21.4 Å². The van der Waals surface area contributed by atoms with Gasteiger partial charge in [0, 0.05) is 30.1 Å². The van der Waals surface area contributed by atoms with Crippen molar-refractivity contribution in [2.75, 3.05) is 5.32 Å². The van der Waals surface area contributed by atoms with Crippen LogP contribution in [0, 0.1) is 20.8 Å². The summed E-state index contributed by atoms with van der Waals surface area (Å²) < 4.78 is 6.91. The van der Waals surface area contributed by atoms with Crippen LogP contribution in [0.1, 0.15) is 29.4 Å². The Bertz CT molecular complexity index is 821. The molecule has 0 saturated carbocycles. The Hall–Kier alpha value is -2.89. The van der Waals surface area contributed by atoms with Gasteiger partial charge in [-0.3, -0.25) is 9.48 Å². The van der Waals surface area contributed by atoms with Crippen LogP contribution < -0.4 is 5.32 Å². The van der Waals surface area contributed by atoms with E-state index in [9.17, 15) is 9.59 Å². The van der Waals surface area contributed by atoms with Crippen LogP contribution in [0.4, 0.5) is 5.69 Å². The summed E-state index contributed by atoms with van der Waals surface area (Å²) in [6.45, 7) is 7.27. The number of carbonyl (C=O) groups excluding carboxylic acids is 2. The second kappa shape index (κ2) is 7.79. The van der Waals surface area contributed by atoms with Crippen molar-refractivity contribution >= 4 is 23.6 Å². The monoisotopic (exact) mass is 341 g/mol. The van der Waals surface area contributed by atoms with Crippen molar-refractivity contribution in [3.63, 3.8) is 0 Å². The first kappa shape index (κ1) is 18.4. The zero-order chi connectivity index (χ0) is 18.6. The molecule has 1 aromatic heterocycles. The number of aromatic nitrogens is 2. The van der Waals surface area contributed by atoms with E-state index in [4.69, 9.17) is 4.74 Å². The summed E-state index contributed by atoms with van der Waals surface area (Å²) in [5, 5.41) is 7.01. The first-order chi connectivity index (χ1) is 11.8. The normalized spacial score (nSPS) is 12.2. The van der Waals surface area contributed by atoms with Gasteiger partial charge >= 0.3 is 5.97 Å². The van der Waals surface area contributed by atoms with E-state index in [1.54, 1.807) is 16.8 Å². The fraction of sp³-hybridized carbons (Fsp3) is 0.316. The largest absolute Gasteiger partial charge is 0.449 e. The van der Waals surface area contributed by atoms with Gasteiger partial charge in [0.05, 0.1) is 5.69 Å². The number of carbonyl (C=O) groups is 2. The average molecular weight is 341 g/mol. The third-order valence-corrected chi connectivity index (χ3v) is 3.90. The summed E-state index contributed by atoms with van der Waals surface area (Å²) in [7, 11) is 1.84. The molecule has 0 radical (unpaired) electrons. The van der Waals surface area contributed by atoms with E-state index in [0.29, 0.717) is 5.69 Å². The fourth-order valence-electron chi connectivity index (χ4n) is 2.42. The molecule has 1 atom stereocenters. The highest BCUT2D eigenvalue weighted by Gasteiger charge is 2.17. The molecule has 0 aliphatic carbocycles. The predicted octanol–water partition coefficient (Wildman–Crippen LogP) is 2.93. The molecule has 0 spiro atoms. The van der Waals surface area contributed by atoms with Gasteiger partial charge in [0.25, 0.3) is 5.91 Å². The van der Waals surface area contributed by atoms with Crippen molar-refractivity contribution in [1.82, 2.24) is 9.78 Å². The molecule has 132 valence electrons. The lowest BCUT2D eigenvalue weighted by Crippen LogP contribution is -2.29. The van der Waals surface area contributed by atoms with E-state index in [1.807, 2.05) is 46.0 Å². The van der Waals surface area contributed by atoms with Crippen LogP contribution in [-0.4, -0.2) is 27.8 Å². The van der Waals surface area contributed by atoms with Gasteiger partial charge in [-0.2, -0.15) is 5.10 Å². The minimum atomic E-state index is -0.895. The molecule has 0 bridgehead atoms. The lowest BCUT2D eigenvalue weighted by Gasteiger charge is -2.12. The standard InChI is InChI=1S/C19H23N3O3/c1-12-7-6-8-16(11-12)20-19(24)15(4)25-18(23)10-9-17-13(2)21-22(5)14(17)3/h6-11,15H,1-5H3,(H,20,24)/b10-9+/t15-/m0/s1. The molecule has 2 aromatic rings.